The molecule has 5 nitrogen and oxygen atoms in total. The van der Waals surface area contributed by atoms with Gasteiger partial charge < -0.3 is 19.8 Å². The molecule has 1 aromatic carbocycles. The van der Waals surface area contributed by atoms with Gasteiger partial charge in [0.2, 0.25) is 0 Å². The molecule has 25 heavy (non-hydrogen) atoms. The lowest BCUT2D eigenvalue weighted by atomic mass is 10.1. The van der Waals surface area contributed by atoms with E-state index in [-0.39, 0.29) is 12.0 Å². The summed E-state index contributed by atoms with van der Waals surface area (Å²) in [5.74, 6) is 0.866. The van der Waals surface area contributed by atoms with E-state index < -0.39 is 0 Å². The Balaban J connectivity index is 1.59. The maximum atomic E-state index is 12.6. The van der Waals surface area contributed by atoms with Crippen molar-refractivity contribution in [2.24, 2.45) is 5.73 Å². The molecule has 6 heteroatoms. The highest BCUT2D eigenvalue weighted by Crippen LogP contribution is 2.29. The highest BCUT2D eigenvalue weighted by molar-refractivity contribution is 6.33. The number of ether oxygens (including phenoxy) is 1. The maximum Gasteiger partial charge on any atom is 0.289 e. The second kappa shape index (κ2) is 8.52. The first-order valence-corrected chi connectivity index (χ1v) is 9.02. The Morgan fingerprint density at radius 1 is 1.24 bits per heavy atom. The number of benzene rings is 1. The number of carbonyl (C=O) groups is 1. The minimum absolute atomic E-state index is 0.0845. The first kappa shape index (κ1) is 18.0. The molecule has 0 spiro atoms. The molecule has 1 aliphatic rings. The molecular formula is C19H23ClN2O3. The highest BCUT2D eigenvalue weighted by atomic mass is 35.5. The van der Waals surface area contributed by atoms with Crippen LogP contribution in [0.5, 0.6) is 0 Å². The number of furan rings is 1. The van der Waals surface area contributed by atoms with Crippen molar-refractivity contribution in [3.8, 4) is 11.3 Å². The lowest BCUT2D eigenvalue weighted by molar-refractivity contribution is 0.00766. The minimum Gasteiger partial charge on any atom is -0.451 e. The van der Waals surface area contributed by atoms with Gasteiger partial charge in [0, 0.05) is 25.3 Å². The highest BCUT2D eigenvalue weighted by Gasteiger charge is 2.26. The summed E-state index contributed by atoms with van der Waals surface area (Å²) in [6.07, 6.45) is 2.77. The van der Waals surface area contributed by atoms with Crippen molar-refractivity contribution in [1.82, 2.24) is 4.90 Å². The van der Waals surface area contributed by atoms with Crippen molar-refractivity contribution in [3.05, 3.63) is 47.2 Å². The van der Waals surface area contributed by atoms with Gasteiger partial charge in [-0.1, -0.05) is 23.7 Å². The molecule has 0 bridgehead atoms. The third kappa shape index (κ3) is 4.42. The Morgan fingerprint density at radius 2 is 2.00 bits per heavy atom. The number of hydrogen-bond donors (Lipinski definition) is 1. The predicted molar refractivity (Wildman–Crippen MR) is 97.7 cm³/mol. The summed E-state index contributed by atoms with van der Waals surface area (Å²) >= 11 is 6.19. The van der Waals surface area contributed by atoms with Crippen molar-refractivity contribution in [3.63, 3.8) is 0 Å². The van der Waals surface area contributed by atoms with Crippen molar-refractivity contribution < 1.29 is 13.9 Å². The summed E-state index contributed by atoms with van der Waals surface area (Å²) in [5, 5.41) is 0.603. The van der Waals surface area contributed by atoms with E-state index in [2.05, 4.69) is 0 Å². The van der Waals surface area contributed by atoms with Crippen molar-refractivity contribution in [2.75, 3.05) is 26.2 Å². The van der Waals surface area contributed by atoms with E-state index >= 15 is 0 Å². The Labute approximate surface area is 152 Å². The van der Waals surface area contributed by atoms with Gasteiger partial charge in [-0.2, -0.15) is 0 Å². The Kier molecular flexibility index (Phi) is 6.13. The molecule has 134 valence electrons. The molecule has 1 amide bonds. The quantitative estimate of drug-likeness (QED) is 0.797. The normalized spacial score (nSPS) is 15.5. The van der Waals surface area contributed by atoms with E-state index in [1.807, 2.05) is 23.1 Å². The van der Waals surface area contributed by atoms with Crippen LogP contribution in [-0.4, -0.2) is 43.2 Å². The van der Waals surface area contributed by atoms with Gasteiger partial charge in [-0.25, -0.2) is 0 Å². The van der Waals surface area contributed by atoms with Crippen LogP contribution in [-0.2, 0) is 4.74 Å². The van der Waals surface area contributed by atoms with Crippen molar-refractivity contribution >= 4 is 17.5 Å². The van der Waals surface area contributed by atoms with Gasteiger partial charge in [-0.15, -0.1) is 0 Å². The number of hydrogen-bond acceptors (Lipinski definition) is 4. The predicted octanol–water partition coefficient (Wildman–Crippen LogP) is 3.57. The fourth-order valence-electron chi connectivity index (χ4n) is 2.97. The van der Waals surface area contributed by atoms with Crippen LogP contribution in [0.2, 0.25) is 5.02 Å². The minimum atomic E-state index is -0.0845. The fraction of sp³-hybridized carbons (Fsp3) is 0.421. The largest absolute Gasteiger partial charge is 0.451 e. The summed E-state index contributed by atoms with van der Waals surface area (Å²) in [4.78, 5) is 14.5. The number of halogens is 1. The summed E-state index contributed by atoms with van der Waals surface area (Å²) in [6.45, 7) is 2.68. The summed E-state index contributed by atoms with van der Waals surface area (Å²) in [5.41, 5.74) is 6.26. The number of likely N-dealkylation sites (tertiary alicyclic amines) is 1. The number of amides is 1. The molecule has 0 atom stereocenters. The van der Waals surface area contributed by atoms with Crippen molar-refractivity contribution in [1.29, 1.82) is 0 Å². The van der Waals surface area contributed by atoms with Crippen LogP contribution in [0, 0.1) is 0 Å². The van der Waals surface area contributed by atoms with Crippen LogP contribution in [0.4, 0.5) is 0 Å². The zero-order chi connectivity index (χ0) is 17.6. The zero-order valence-corrected chi connectivity index (χ0v) is 14.9. The van der Waals surface area contributed by atoms with E-state index in [1.165, 1.54) is 0 Å². The van der Waals surface area contributed by atoms with Gasteiger partial charge >= 0.3 is 0 Å². The molecule has 0 aliphatic carbocycles. The number of nitrogens with two attached hydrogens (primary N) is 1. The maximum absolute atomic E-state index is 12.6. The van der Waals surface area contributed by atoms with Crippen LogP contribution < -0.4 is 5.73 Å². The van der Waals surface area contributed by atoms with Crippen molar-refractivity contribution in [2.45, 2.75) is 25.4 Å². The van der Waals surface area contributed by atoms with Gasteiger partial charge in [0.15, 0.2) is 5.76 Å². The molecule has 0 saturated carbocycles. The molecule has 0 radical (unpaired) electrons. The molecular weight excluding hydrogens is 340 g/mol. The SMILES string of the molecule is NCCCOC1CCN(C(=O)c2ccc(-c3ccccc3Cl)o2)CC1. The summed E-state index contributed by atoms with van der Waals surface area (Å²) < 4.78 is 11.5. The van der Waals surface area contributed by atoms with Gasteiger partial charge in [-0.3, -0.25) is 4.79 Å². The summed E-state index contributed by atoms with van der Waals surface area (Å²) in [6, 6.07) is 10.9. The van der Waals surface area contributed by atoms with Crippen LogP contribution in [0.25, 0.3) is 11.3 Å². The standard InChI is InChI=1S/C19H23ClN2O3/c20-16-5-2-1-4-15(16)17-6-7-18(25-17)19(23)22-11-8-14(9-12-22)24-13-3-10-21/h1-2,4-7,14H,3,8-13,21H2. The second-order valence-electron chi connectivity index (χ2n) is 6.15. The molecule has 1 aromatic heterocycles. The van der Waals surface area contributed by atoms with Gasteiger partial charge in [0.05, 0.1) is 11.1 Å². The first-order chi connectivity index (χ1) is 12.2. The van der Waals surface area contributed by atoms with Gasteiger partial charge in [-0.05, 0) is 50.1 Å². The molecule has 2 heterocycles. The first-order valence-electron chi connectivity index (χ1n) is 8.64. The number of nitrogens with zero attached hydrogens (tertiary/aromatic N) is 1. The fourth-order valence-corrected chi connectivity index (χ4v) is 3.20. The third-order valence-corrected chi connectivity index (χ3v) is 4.72. The molecule has 3 rings (SSSR count). The Morgan fingerprint density at radius 3 is 2.72 bits per heavy atom. The average Bonchev–Trinajstić information content (AvgIpc) is 3.12. The number of piperidine rings is 1. The molecule has 1 aliphatic heterocycles. The van der Waals surface area contributed by atoms with Crippen LogP contribution >= 0.6 is 11.6 Å². The molecule has 1 saturated heterocycles. The Hall–Kier alpha value is -1.82. The number of carbonyl (C=O) groups excluding carboxylic acids is 1. The van der Waals surface area contributed by atoms with Gasteiger partial charge in [0.1, 0.15) is 5.76 Å². The third-order valence-electron chi connectivity index (χ3n) is 4.39. The van der Waals surface area contributed by atoms with E-state index in [0.29, 0.717) is 42.8 Å². The second-order valence-corrected chi connectivity index (χ2v) is 6.56. The smallest absolute Gasteiger partial charge is 0.289 e. The molecule has 0 unspecified atom stereocenters. The van der Waals surface area contributed by atoms with Crippen LogP contribution in [0.1, 0.15) is 29.8 Å². The lowest BCUT2D eigenvalue weighted by Crippen LogP contribution is -2.40. The van der Waals surface area contributed by atoms with E-state index in [0.717, 1.165) is 24.8 Å². The Bertz CT molecular complexity index is 708. The van der Waals surface area contributed by atoms with E-state index in [1.54, 1.807) is 18.2 Å². The molecule has 1 fully saturated rings. The van der Waals surface area contributed by atoms with Crippen LogP contribution in [0.3, 0.4) is 0 Å². The number of rotatable bonds is 6. The lowest BCUT2D eigenvalue weighted by Gasteiger charge is -2.31. The summed E-state index contributed by atoms with van der Waals surface area (Å²) in [7, 11) is 0. The van der Waals surface area contributed by atoms with Gasteiger partial charge in [0.25, 0.3) is 5.91 Å². The zero-order valence-electron chi connectivity index (χ0n) is 14.1. The monoisotopic (exact) mass is 362 g/mol. The molecule has 2 N–H and O–H groups in total. The topological polar surface area (TPSA) is 68.7 Å². The van der Waals surface area contributed by atoms with Crippen LogP contribution in [0.15, 0.2) is 40.8 Å². The van der Waals surface area contributed by atoms with E-state index in [9.17, 15) is 4.79 Å². The average molecular weight is 363 g/mol. The molecule has 2 aromatic rings. The van der Waals surface area contributed by atoms with E-state index in [4.69, 9.17) is 26.5 Å².